The zero-order valence-corrected chi connectivity index (χ0v) is 17.6. The maximum Gasteiger partial charge on any atom is 0.341 e. The number of aromatic nitrogens is 1. The summed E-state index contributed by atoms with van der Waals surface area (Å²) in [5.41, 5.74) is 0.452. The van der Waals surface area contributed by atoms with Crippen molar-refractivity contribution < 1.29 is 28.2 Å². The van der Waals surface area contributed by atoms with E-state index in [1.807, 2.05) is 4.57 Å². The van der Waals surface area contributed by atoms with Crippen LogP contribution in [0.5, 0.6) is 5.75 Å². The minimum atomic E-state index is -2.73. The Hall–Kier alpha value is -2.74. The van der Waals surface area contributed by atoms with E-state index in [1.54, 1.807) is 6.07 Å². The molecule has 1 saturated heterocycles. The van der Waals surface area contributed by atoms with E-state index in [0.29, 0.717) is 37.5 Å². The summed E-state index contributed by atoms with van der Waals surface area (Å²) < 4.78 is 41.0. The lowest BCUT2D eigenvalue weighted by molar-refractivity contribution is 0.0487. The quantitative estimate of drug-likeness (QED) is 0.739. The second-order valence-corrected chi connectivity index (χ2v) is 9.08. The summed E-state index contributed by atoms with van der Waals surface area (Å²) in [6.45, 7) is 1.68. The Morgan fingerprint density at radius 1 is 1.25 bits per heavy atom. The predicted molar refractivity (Wildman–Crippen MR) is 113 cm³/mol. The lowest BCUT2D eigenvalue weighted by atomic mass is 9.69. The van der Waals surface area contributed by atoms with Gasteiger partial charge in [-0.15, -0.1) is 0 Å². The van der Waals surface area contributed by atoms with Gasteiger partial charge in [-0.2, -0.15) is 0 Å². The number of aromatic carboxylic acids is 1. The highest BCUT2D eigenvalue weighted by atomic mass is 19.3. The smallest absolute Gasteiger partial charge is 0.341 e. The monoisotopic (exact) mass is 445 g/mol. The molecule has 3 aliphatic rings. The predicted octanol–water partition coefficient (Wildman–Crippen LogP) is 4.39. The van der Waals surface area contributed by atoms with Crippen molar-refractivity contribution in [3.8, 4) is 17.0 Å². The van der Waals surface area contributed by atoms with Gasteiger partial charge in [-0.25, -0.2) is 13.6 Å². The Balaban J connectivity index is 1.58. The van der Waals surface area contributed by atoms with Crippen LogP contribution in [0.1, 0.15) is 60.0 Å². The molecule has 2 aromatic rings. The SMILES string of the molecule is O=C(O)c1cn2c(cc1=O)-c1cc(C(F)F)c(OCC3CCOCC3)cc1CC21CCC1. The molecule has 1 spiro atoms. The number of pyridine rings is 1. The lowest BCUT2D eigenvalue weighted by Gasteiger charge is -2.49. The van der Waals surface area contributed by atoms with Gasteiger partial charge in [0.25, 0.3) is 6.43 Å². The first kappa shape index (κ1) is 21.1. The van der Waals surface area contributed by atoms with Crippen molar-refractivity contribution in [2.75, 3.05) is 19.8 Å². The summed E-state index contributed by atoms with van der Waals surface area (Å²) in [7, 11) is 0. The van der Waals surface area contributed by atoms with Crippen LogP contribution in [0.25, 0.3) is 11.3 Å². The molecule has 1 aromatic carbocycles. The van der Waals surface area contributed by atoms with Crippen LogP contribution in [0, 0.1) is 5.92 Å². The van der Waals surface area contributed by atoms with Gasteiger partial charge in [-0.1, -0.05) is 0 Å². The molecule has 1 N–H and O–H groups in total. The molecular formula is C24H25F2NO5. The minimum Gasteiger partial charge on any atom is -0.493 e. The van der Waals surface area contributed by atoms with Crippen molar-refractivity contribution in [3.05, 3.63) is 51.3 Å². The second-order valence-electron chi connectivity index (χ2n) is 9.08. The number of halogens is 2. The van der Waals surface area contributed by atoms with Crippen molar-refractivity contribution in [2.45, 2.75) is 50.5 Å². The van der Waals surface area contributed by atoms with E-state index in [1.165, 1.54) is 18.3 Å². The Morgan fingerprint density at radius 3 is 2.62 bits per heavy atom. The molecule has 32 heavy (non-hydrogen) atoms. The molecule has 170 valence electrons. The molecule has 5 rings (SSSR count). The van der Waals surface area contributed by atoms with Gasteiger partial charge >= 0.3 is 5.97 Å². The molecule has 0 radical (unpaired) electrons. The van der Waals surface area contributed by atoms with Crippen molar-refractivity contribution in [1.29, 1.82) is 0 Å². The van der Waals surface area contributed by atoms with Gasteiger partial charge in [-0.3, -0.25) is 4.79 Å². The summed E-state index contributed by atoms with van der Waals surface area (Å²) in [5, 5.41) is 9.41. The topological polar surface area (TPSA) is 77.8 Å². The standard InChI is InChI=1S/C24H25F2NO5/c25-22(26)17-9-16-15(8-21(17)32-13-14-2-6-31-7-3-14)11-24(4-1-5-24)27-12-18(23(29)30)20(28)10-19(16)27/h8-10,12,14,22H,1-7,11,13H2,(H,29,30). The van der Waals surface area contributed by atoms with Crippen molar-refractivity contribution in [3.63, 3.8) is 0 Å². The van der Waals surface area contributed by atoms with Gasteiger partial charge in [0.1, 0.15) is 11.3 Å². The number of fused-ring (bicyclic) bond motifs is 4. The van der Waals surface area contributed by atoms with E-state index in [9.17, 15) is 23.5 Å². The van der Waals surface area contributed by atoms with Crippen molar-refractivity contribution in [2.24, 2.45) is 5.92 Å². The van der Waals surface area contributed by atoms with Crippen LogP contribution in [0.2, 0.25) is 0 Å². The highest BCUT2D eigenvalue weighted by Gasteiger charge is 2.44. The maximum absolute atomic E-state index is 14.0. The van der Waals surface area contributed by atoms with E-state index < -0.39 is 17.8 Å². The molecule has 1 aliphatic carbocycles. The first-order chi connectivity index (χ1) is 15.4. The van der Waals surface area contributed by atoms with Gasteiger partial charge in [0.05, 0.1) is 17.9 Å². The Labute approximate surface area is 183 Å². The Kier molecular flexibility index (Phi) is 5.28. The summed E-state index contributed by atoms with van der Waals surface area (Å²) in [6.07, 6.45) is 3.62. The number of benzene rings is 1. The van der Waals surface area contributed by atoms with Crippen LogP contribution in [0.4, 0.5) is 8.78 Å². The van der Waals surface area contributed by atoms with Gasteiger partial charge < -0.3 is 19.1 Å². The van der Waals surface area contributed by atoms with Crippen LogP contribution in [0.15, 0.2) is 29.2 Å². The number of carboxylic acids is 1. The third-order valence-electron chi connectivity index (χ3n) is 7.16. The summed E-state index contributed by atoms with van der Waals surface area (Å²) in [4.78, 5) is 24.0. The fourth-order valence-electron chi connectivity index (χ4n) is 5.18. The molecule has 1 aromatic heterocycles. The molecule has 0 bridgehead atoms. The Bertz CT molecular complexity index is 1120. The largest absolute Gasteiger partial charge is 0.493 e. The van der Waals surface area contributed by atoms with Crippen LogP contribution in [-0.4, -0.2) is 35.5 Å². The average Bonchev–Trinajstić information content (AvgIpc) is 2.75. The van der Waals surface area contributed by atoms with Crippen LogP contribution in [-0.2, 0) is 16.7 Å². The third-order valence-corrected chi connectivity index (χ3v) is 7.16. The fraction of sp³-hybridized carbons (Fsp3) is 0.500. The number of rotatable bonds is 5. The van der Waals surface area contributed by atoms with Gasteiger partial charge in [0.15, 0.2) is 5.43 Å². The minimum absolute atomic E-state index is 0.192. The molecule has 3 heterocycles. The number of carboxylic acid groups (broad SMARTS) is 1. The molecule has 0 amide bonds. The highest BCUT2D eigenvalue weighted by Crippen LogP contribution is 2.50. The number of carbonyl (C=O) groups is 1. The highest BCUT2D eigenvalue weighted by molar-refractivity contribution is 5.88. The average molecular weight is 445 g/mol. The number of hydrogen-bond acceptors (Lipinski definition) is 4. The van der Waals surface area contributed by atoms with E-state index in [4.69, 9.17) is 9.47 Å². The molecule has 0 atom stereocenters. The van der Waals surface area contributed by atoms with Crippen molar-refractivity contribution >= 4 is 5.97 Å². The zero-order valence-electron chi connectivity index (χ0n) is 17.6. The number of ether oxygens (including phenoxy) is 2. The molecule has 0 unspecified atom stereocenters. The molecule has 2 fully saturated rings. The molecule has 6 nitrogen and oxygen atoms in total. The van der Waals surface area contributed by atoms with Crippen LogP contribution < -0.4 is 10.2 Å². The number of nitrogens with zero attached hydrogens (tertiary/aromatic N) is 1. The first-order valence-electron chi connectivity index (χ1n) is 11.0. The first-order valence-corrected chi connectivity index (χ1v) is 11.0. The van der Waals surface area contributed by atoms with E-state index in [0.717, 1.165) is 37.7 Å². The fourth-order valence-corrected chi connectivity index (χ4v) is 5.18. The molecule has 8 heteroatoms. The van der Waals surface area contributed by atoms with E-state index in [-0.39, 0.29) is 28.3 Å². The maximum atomic E-state index is 14.0. The third kappa shape index (κ3) is 3.50. The number of alkyl halides is 2. The van der Waals surface area contributed by atoms with Gasteiger partial charge in [0.2, 0.25) is 0 Å². The zero-order chi connectivity index (χ0) is 22.5. The summed E-state index contributed by atoms with van der Waals surface area (Å²) in [6, 6.07) is 4.39. The van der Waals surface area contributed by atoms with Gasteiger partial charge in [-0.05, 0) is 62.1 Å². The van der Waals surface area contributed by atoms with E-state index >= 15 is 0 Å². The molecular weight excluding hydrogens is 420 g/mol. The van der Waals surface area contributed by atoms with Crippen molar-refractivity contribution in [1.82, 2.24) is 4.57 Å². The van der Waals surface area contributed by atoms with E-state index in [2.05, 4.69) is 0 Å². The normalized spacial score (nSPS) is 19.3. The number of hydrogen-bond donors (Lipinski definition) is 1. The Morgan fingerprint density at radius 2 is 2.00 bits per heavy atom. The summed E-state index contributed by atoms with van der Waals surface area (Å²) in [5.74, 6) is -0.814. The molecule has 1 saturated carbocycles. The lowest BCUT2D eigenvalue weighted by Crippen LogP contribution is -2.46. The van der Waals surface area contributed by atoms with Gasteiger partial charge in [0, 0.05) is 36.6 Å². The second kappa shape index (κ2) is 7.99. The van der Waals surface area contributed by atoms with Crippen LogP contribution >= 0.6 is 0 Å². The van der Waals surface area contributed by atoms with Crippen LogP contribution in [0.3, 0.4) is 0 Å². The molecule has 2 aliphatic heterocycles. The summed E-state index contributed by atoms with van der Waals surface area (Å²) >= 11 is 0.